The molecule has 1 heterocycles. The zero-order chi connectivity index (χ0) is 20.1. The molecule has 0 aliphatic carbocycles. The molecule has 28 heavy (non-hydrogen) atoms. The summed E-state index contributed by atoms with van der Waals surface area (Å²) in [6.45, 7) is 7.23. The third-order valence-corrected chi connectivity index (χ3v) is 5.46. The number of benzene rings is 2. The zero-order valence-electron chi connectivity index (χ0n) is 16.2. The lowest BCUT2D eigenvalue weighted by atomic mass is 10.1. The summed E-state index contributed by atoms with van der Waals surface area (Å²) in [5, 5.41) is 9.09. The van der Waals surface area contributed by atoms with Gasteiger partial charge in [-0.2, -0.15) is 0 Å². The Balaban J connectivity index is 2.03. The maximum Gasteiger partial charge on any atom is 0.233 e. The van der Waals surface area contributed by atoms with Crippen LogP contribution in [0.15, 0.2) is 53.7 Å². The van der Waals surface area contributed by atoms with Gasteiger partial charge in [0.2, 0.25) is 5.91 Å². The number of carbonyl (C=O) groups excluding carboxylic acids is 1. The van der Waals surface area contributed by atoms with Crippen LogP contribution >= 0.6 is 11.8 Å². The average Bonchev–Trinajstić information content (AvgIpc) is 3.11. The van der Waals surface area contributed by atoms with E-state index in [1.807, 2.05) is 49.6 Å². The Kier molecular flexibility index (Phi) is 6.46. The molecule has 3 aromatic rings. The molecule has 0 aliphatic rings. The molecule has 2 aromatic carbocycles. The smallest absolute Gasteiger partial charge is 0.233 e. The number of amides is 1. The molecule has 0 saturated carbocycles. The molecule has 0 radical (unpaired) electrons. The molecular formula is C21H23FN4OS. The summed E-state index contributed by atoms with van der Waals surface area (Å²) in [5.74, 6) is 0.357. The number of aromatic nitrogens is 3. The molecule has 0 aliphatic heterocycles. The molecule has 0 N–H and O–H groups in total. The van der Waals surface area contributed by atoms with Crippen LogP contribution in [0.25, 0.3) is 17.1 Å². The van der Waals surface area contributed by atoms with Crippen LogP contribution in [-0.4, -0.2) is 44.4 Å². The fourth-order valence-corrected chi connectivity index (χ4v) is 3.85. The van der Waals surface area contributed by atoms with Crippen molar-refractivity contribution < 1.29 is 9.18 Å². The van der Waals surface area contributed by atoms with Crippen LogP contribution in [0.2, 0.25) is 0 Å². The van der Waals surface area contributed by atoms with Gasteiger partial charge in [-0.3, -0.25) is 9.36 Å². The highest BCUT2D eigenvalue weighted by molar-refractivity contribution is 7.99. The summed E-state index contributed by atoms with van der Waals surface area (Å²) in [5.41, 5.74) is 2.25. The molecule has 5 nitrogen and oxygen atoms in total. The molecule has 1 amide bonds. The minimum Gasteiger partial charge on any atom is -0.343 e. The van der Waals surface area contributed by atoms with Crippen molar-refractivity contribution in [2.24, 2.45) is 0 Å². The molecule has 0 spiro atoms. The second kappa shape index (κ2) is 9.01. The first-order chi connectivity index (χ1) is 13.6. The van der Waals surface area contributed by atoms with Gasteiger partial charge in [-0.1, -0.05) is 42.1 Å². The van der Waals surface area contributed by atoms with E-state index in [1.54, 1.807) is 23.1 Å². The Labute approximate surface area is 168 Å². The number of nitrogens with zero attached hydrogens (tertiary/aromatic N) is 4. The first-order valence-corrected chi connectivity index (χ1v) is 10.2. The molecule has 0 unspecified atom stereocenters. The predicted molar refractivity (Wildman–Crippen MR) is 110 cm³/mol. The topological polar surface area (TPSA) is 51.0 Å². The standard InChI is InChI=1S/C21H23FN4OS/c1-4-25(5-2)19(27)14-28-21-24-23-20(16-11-7-8-12-17(16)22)26(21)18-13-9-6-10-15(18)3/h6-13H,4-5,14H2,1-3H3. The summed E-state index contributed by atoms with van der Waals surface area (Å²) in [6, 6.07) is 14.3. The maximum atomic E-state index is 14.4. The number of halogens is 1. The Hall–Kier alpha value is -2.67. The average molecular weight is 399 g/mol. The lowest BCUT2D eigenvalue weighted by molar-refractivity contribution is -0.127. The summed E-state index contributed by atoms with van der Waals surface area (Å²) < 4.78 is 16.3. The SMILES string of the molecule is CCN(CC)C(=O)CSc1nnc(-c2ccccc2F)n1-c1ccccc1C. The molecule has 0 bridgehead atoms. The van der Waals surface area contributed by atoms with Gasteiger partial charge in [-0.15, -0.1) is 10.2 Å². The third-order valence-electron chi connectivity index (χ3n) is 4.55. The lowest BCUT2D eigenvalue weighted by Crippen LogP contribution is -2.31. The summed E-state index contributed by atoms with van der Waals surface area (Å²) in [7, 11) is 0. The van der Waals surface area contributed by atoms with E-state index in [2.05, 4.69) is 10.2 Å². The van der Waals surface area contributed by atoms with E-state index in [0.717, 1.165) is 11.3 Å². The number of hydrogen-bond donors (Lipinski definition) is 0. The van der Waals surface area contributed by atoms with Gasteiger partial charge in [-0.25, -0.2) is 4.39 Å². The summed E-state index contributed by atoms with van der Waals surface area (Å²) >= 11 is 1.31. The van der Waals surface area contributed by atoms with Crippen LogP contribution in [0.4, 0.5) is 4.39 Å². The third kappa shape index (κ3) is 4.09. The first-order valence-electron chi connectivity index (χ1n) is 9.23. The van der Waals surface area contributed by atoms with Gasteiger partial charge in [0.05, 0.1) is 17.0 Å². The first kappa shape index (κ1) is 20.1. The van der Waals surface area contributed by atoms with Crippen molar-refractivity contribution in [3.63, 3.8) is 0 Å². The van der Waals surface area contributed by atoms with Crippen LogP contribution in [0.3, 0.4) is 0 Å². The normalized spacial score (nSPS) is 10.9. The maximum absolute atomic E-state index is 14.4. The quantitative estimate of drug-likeness (QED) is 0.556. The molecule has 0 atom stereocenters. The fourth-order valence-electron chi connectivity index (χ4n) is 3.01. The van der Waals surface area contributed by atoms with Crippen LogP contribution in [0.5, 0.6) is 0 Å². The molecule has 1 aromatic heterocycles. The van der Waals surface area contributed by atoms with Crippen molar-refractivity contribution in [3.8, 4) is 17.1 Å². The van der Waals surface area contributed by atoms with Crippen molar-refractivity contribution in [1.29, 1.82) is 0 Å². The van der Waals surface area contributed by atoms with Crippen LogP contribution in [0, 0.1) is 12.7 Å². The molecular weight excluding hydrogens is 375 g/mol. The largest absolute Gasteiger partial charge is 0.343 e. The lowest BCUT2D eigenvalue weighted by Gasteiger charge is -2.18. The number of hydrogen-bond acceptors (Lipinski definition) is 4. The highest BCUT2D eigenvalue weighted by Crippen LogP contribution is 2.30. The molecule has 0 fully saturated rings. The van der Waals surface area contributed by atoms with E-state index in [-0.39, 0.29) is 17.5 Å². The van der Waals surface area contributed by atoms with Crippen LogP contribution in [-0.2, 0) is 4.79 Å². The Morgan fingerprint density at radius 2 is 1.75 bits per heavy atom. The highest BCUT2D eigenvalue weighted by Gasteiger charge is 2.21. The van der Waals surface area contributed by atoms with Gasteiger partial charge in [0.25, 0.3) is 0 Å². The van der Waals surface area contributed by atoms with Crippen LogP contribution < -0.4 is 0 Å². The van der Waals surface area contributed by atoms with Gasteiger partial charge >= 0.3 is 0 Å². The van der Waals surface area contributed by atoms with E-state index in [4.69, 9.17) is 0 Å². The van der Waals surface area contributed by atoms with Crippen molar-refractivity contribution in [2.75, 3.05) is 18.8 Å². The number of rotatable bonds is 7. The van der Waals surface area contributed by atoms with Crippen LogP contribution in [0.1, 0.15) is 19.4 Å². The van der Waals surface area contributed by atoms with Gasteiger partial charge in [0.1, 0.15) is 5.82 Å². The highest BCUT2D eigenvalue weighted by atomic mass is 32.2. The number of thioether (sulfide) groups is 1. The monoisotopic (exact) mass is 398 g/mol. The van der Waals surface area contributed by atoms with Crippen molar-refractivity contribution in [1.82, 2.24) is 19.7 Å². The second-order valence-corrected chi connectivity index (χ2v) is 7.21. The summed E-state index contributed by atoms with van der Waals surface area (Å²) in [4.78, 5) is 14.2. The number of carbonyl (C=O) groups is 1. The Morgan fingerprint density at radius 3 is 2.43 bits per heavy atom. The minimum atomic E-state index is -0.361. The van der Waals surface area contributed by atoms with E-state index >= 15 is 0 Å². The van der Waals surface area contributed by atoms with E-state index < -0.39 is 0 Å². The zero-order valence-corrected chi connectivity index (χ0v) is 17.0. The number of aryl methyl sites for hydroxylation is 1. The van der Waals surface area contributed by atoms with E-state index in [1.165, 1.54) is 17.8 Å². The minimum absolute atomic E-state index is 0.0433. The molecule has 0 saturated heterocycles. The molecule has 146 valence electrons. The van der Waals surface area contributed by atoms with Gasteiger partial charge in [0, 0.05) is 13.1 Å². The summed E-state index contributed by atoms with van der Waals surface area (Å²) in [6.07, 6.45) is 0. The molecule has 3 rings (SSSR count). The molecule has 7 heteroatoms. The van der Waals surface area contributed by atoms with Gasteiger partial charge < -0.3 is 4.90 Å². The fraction of sp³-hybridized carbons (Fsp3) is 0.286. The van der Waals surface area contributed by atoms with Crippen molar-refractivity contribution >= 4 is 17.7 Å². The number of para-hydroxylation sites is 1. The van der Waals surface area contributed by atoms with E-state index in [0.29, 0.717) is 29.6 Å². The van der Waals surface area contributed by atoms with Gasteiger partial charge in [-0.05, 0) is 44.5 Å². The van der Waals surface area contributed by atoms with Crippen molar-refractivity contribution in [3.05, 3.63) is 59.9 Å². The predicted octanol–water partition coefficient (Wildman–Crippen LogP) is 4.34. The van der Waals surface area contributed by atoms with Crippen molar-refractivity contribution in [2.45, 2.75) is 25.9 Å². The second-order valence-electron chi connectivity index (χ2n) is 6.26. The Morgan fingerprint density at radius 1 is 1.07 bits per heavy atom. The Bertz CT molecular complexity index is 969. The van der Waals surface area contributed by atoms with Gasteiger partial charge in [0.15, 0.2) is 11.0 Å². The van der Waals surface area contributed by atoms with E-state index in [9.17, 15) is 9.18 Å².